The van der Waals surface area contributed by atoms with E-state index in [1.54, 1.807) is 0 Å². The highest BCUT2D eigenvalue weighted by molar-refractivity contribution is 7.47. The van der Waals surface area contributed by atoms with Crippen LogP contribution in [0.15, 0.2) is 0 Å². The van der Waals surface area contributed by atoms with Crippen molar-refractivity contribution in [3.8, 4) is 0 Å². The van der Waals surface area contributed by atoms with Gasteiger partial charge in [0.2, 0.25) is 0 Å². The summed E-state index contributed by atoms with van der Waals surface area (Å²) >= 11 is 0. The molecule has 3 N–H and O–H groups in total. The zero-order valence-electron chi connectivity index (χ0n) is 60.9. The van der Waals surface area contributed by atoms with Crippen molar-refractivity contribution >= 4 is 39.5 Å². The van der Waals surface area contributed by atoms with Crippen molar-refractivity contribution < 1.29 is 80.2 Å². The number of carbonyl (C=O) groups is 4. The molecule has 0 aromatic rings. The summed E-state index contributed by atoms with van der Waals surface area (Å²) in [6, 6.07) is 0. The predicted octanol–water partition coefficient (Wildman–Crippen LogP) is 21.3. The van der Waals surface area contributed by atoms with Gasteiger partial charge in [-0.2, -0.15) is 0 Å². The molecule has 0 heterocycles. The normalized spacial score (nSPS) is 14.5. The molecule has 0 aromatic carbocycles. The van der Waals surface area contributed by atoms with Gasteiger partial charge in [0, 0.05) is 25.7 Å². The smallest absolute Gasteiger partial charge is 0.462 e. The van der Waals surface area contributed by atoms with Gasteiger partial charge in [0.15, 0.2) is 12.2 Å². The average molecular weight is 1370 g/mol. The number of carbonyl (C=O) groups excluding carboxylic acids is 4. The highest BCUT2D eigenvalue weighted by atomic mass is 31.2. The quantitative estimate of drug-likeness (QED) is 0.0222. The predicted molar refractivity (Wildman–Crippen MR) is 377 cm³/mol. The summed E-state index contributed by atoms with van der Waals surface area (Å²) in [7, 11) is -9.90. The van der Waals surface area contributed by atoms with Crippen LogP contribution in [0.1, 0.15) is 370 Å². The summed E-state index contributed by atoms with van der Waals surface area (Å²) in [5.41, 5.74) is 0. The molecule has 0 radical (unpaired) electrons. The van der Waals surface area contributed by atoms with Crippen molar-refractivity contribution in [3.63, 3.8) is 0 Å². The second-order valence-corrected chi connectivity index (χ2v) is 31.3. The van der Waals surface area contributed by atoms with Crippen LogP contribution in [0.3, 0.4) is 0 Å². The van der Waals surface area contributed by atoms with Crippen LogP contribution in [-0.4, -0.2) is 96.7 Å². The standard InChI is InChI=1S/C74H144O17P2/c1-9-67(8)53-45-37-28-22-18-16-14-12-10-11-13-15-17-19-23-30-40-48-56-73(78)90-69(60-84-71(76)54-46-38-29-24-20-21-26-34-42-50-64(2)3)62-88-92(80,81)86-58-68(75)59-87-93(82,83)89-63-70(91-74(79)57-49-41-33-32-36-44-52-66(6)7)61-85-72(77)55-47-39-31-25-27-35-43-51-65(4)5/h64-70,75H,9-63H2,1-8H3,(H,80,81)(H,82,83)/t67?,68?,69-,70-/m1/s1. The lowest BCUT2D eigenvalue weighted by atomic mass is 9.99. The monoisotopic (exact) mass is 1370 g/mol. The van der Waals surface area contributed by atoms with Gasteiger partial charge < -0.3 is 33.8 Å². The fourth-order valence-corrected chi connectivity index (χ4v) is 12.7. The number of phosphoric acid groups is 2. The molecule has 0 saturated heterocycles. The summed E-state index contributed by atoms with van der Waals surface area (Å²) < 4.78 is 68.3. The molecule has 0 spiro atoms. The van der Waals surface area contributed by atoms with Gasteiger partial charge in [-0.05, 0) is 49.4 Å². The Hall–Kier alpha value is -1.94. The van der Waals surface area contributed by atoms with Gasteiger partial charge in [-0.1, -0.05) is 319 Å². The Morgan fingerprint density at radius 1 is 0.301 bits per heavy atom. The third-order valence-corrected chi connectivity index (χ3v) is 19.3. The third kappa shape index (κ3) is 67.0. The van der Waals surface area contributed by atoms with Crippen molar-refractivity contribution in [1.29, 1.82) is 0 Å². The molecule has 4 unspecified atom stereocenters. The molecule has 0 amide bonds. The minimum atomic E-state index is -4.96. The molecule has 0 aliphatic rings. The fraction of sp³-hybridized carbons (Fsp3) is 0.946. The molecule has 0 aromatic heterocycles. The minimum Gasteiger partial charge on any atom is -0.462 e. The first-order chi connectivity index (χ1) is 44.6. The van der Waals surface area contributed by atoms with Gasteiger partial charge in [-0.15, -0.1) is 0 Å². The van der Waals surface area contributed by atoms with E-state index in [-0.39, 0.29) is 25.7 Å². The number of phosphoric ester groups is 2. The third-order valence-electron chi connectivity index (χ3n) is 17.4. The molecule has 0 aliphatic carbocycles. The molecule has 552 valence electrons. The van der Waals surface area contributed by atoms with Gasteiger partial charge in [0.25, 0.3) is 0 Å². The summed E-state index contributed by atoms with van der Waals surface area (Å²) in [6.07, 6.45) is 47.6. The van der Waals surface area contributed by atoms with Crippen molar-refractivity contribution in [2.24, 2.45) is 23.7 Å². The van der Waals surface area contributed by atoms with Crippen LogP contribution < -0.4 is 0 Å². The van der Waals surface area contributed by atoms with Crippen molar-refractivity contribution in [1.82, 2.24) is 0 Å². The highest BCUT2D eigenvalue weighted by Crippen LogP contribution is 2.45. The average Bonchev–Trinajstić information content (AvgIpc) is 2.36. The van der Waals surface area contributed by atoms with Crippen LogP contribution in [0.25, 0.3) is 0 Å². The number of esters is 4. The van der Waals surface area contributed by atoms with E-state index >= 15 is 0 Å². The van der Waals surface area contributed by atoms with Gasteiger partial charge in [0.1, 0.15) is 19.3 Å². The maximum absolute atomic E-state index is 13.1. The molecule has 19 heteroatoms. The Labute approximate surface area is 568 Å². The molecule has 93 heavy (non-hydrogen) atoms. The lowest BCUT2D eigenvalue weighted by molar-refractivity contribution is -0.161. The zero-order valence-corrected chi connectivity index (χ0v) is 62.7. The summed E-state index contributed by atoms with van der Waals surface area (Å²) in [4.78, 5) is 72.6. The van der Waals surface area contributed by atoms with Crippen LogP contribution in [0.4, 0.5) is 0 Å². The van der Waals surface area contributed by atoms with E-state index in [9.17, 15) is 43.2 Å². The van der Waals surface area contributed by atoms with E-state index in [2.05, 4.69) is 55.4 Å². The largest absolute Gasteiger partial charge is 0.472 e. The molecule has 0 saturated carbocycles. The zero-order chi connectivity index (χ0) is 68.9. The first kappa shape index (κ1) is 91.1. The van der Waals surface area contributed by atoms with Gasteiger partial charge in [-0.25, -0.2) is 9.13 Å². The maximum atomic E-state index is 13.1. The van der Waals surface area contributed by atoms with E-state index in [0.717, 1.165) is 108 Å². The van der Waals surface area contributed by atoms with Gasteiger partial charge in [0.05, 0.1) is 26.4 Å². The molecule has 6 atom stereocenters. The van der Waals surface area contributed by atoms with E-state index in [1.807, 2.05) is 0 Å². The molecule has 0 rings (SSSR count). The number of aliphatic hydroxyl groups is 1. The van der Waals surface area contributed by atoms with E-state index in [1.165, 1.54) is 167 Å². The van der Waals surface area contributed by atoms with Crippen LogP contribution in [0.5, 0.6) is 0 Å². The van der Waals surface area contributed by atoms with E-state index < -0.39 is 97.5 Å². The Morgan fingerprint density at radius 3 is 0.763 bits per heavy atom. The lowest BCUT2D eigenvalue weighted by Gasteiger charge is -2.21. The molecular weight excluding hydrogens is 1220 g/mol. The van der Waals surface area contributed by atoms with Crippen molar-refractivity contribution in [2.75, 3.05) is 39.6 Å². The van der Waals surface area contributed by atoms with Crippen LogP contribution in [0, 0.1) is 23.7 Å². The minimum absolute atomic E-state index is 0.101. The van der Waals surface area contributed by atoms with Gasteiger partial charge >= 0.3 is 39.5 Å². The summed E-state index contributed by atoms with van der Waals surface area (Å²) in [5, 5.41) is 10.6. The Bertz CT molecular complexity index is 1840. The lowest BCUT2D eigenvalue weighted by Crippen LogP contribution is -2.30. The topological polar surface area (TPSA) is 237 Å². The number of rotatable bonds is 71. The SMILES string of the molecule is CCC(C)CCCCCCCCCCCCCCCCCCCCC(=O)O[C@H](COC(=O)CCCCCCCCCCCC(C)C)COP(=O)(O)OCC(O)COP(=O)(O)OC[C@@H](COC(=O)CCCCCCCCCC(C)C)OC(=O)CCCCCCCCC(C)C. The van der Waals surface area contributed by atoms with Crippen molar-refractivity contribution in [2.45, 2.75) is 388 Å². The van der Waals surface area contributed by atoms with E-state index in [0.29, 0.717) is 37.5 Å². The Morgan fingerprint density at radius 2 is 0.516 bits per heavy atom. The summed E-state index contributed by atoms with van der Waals surface area (Å²) in [6.45, 7) is 14.1. The van der Waals surface area contributed by atoms with Gasteiger partial charge in [-0.3, -0.25) is 37.3 Å². The molecule has 0 aliphatic heterocycles. The number of unbranched alkanes of at least 4 members (excludes halogenated alkanes) is 36. The number of hydrogen-bond donors (Lipinski definition) is 3. The van der Waals surface area contributed by atoms with Crippen LogP contribution >= 0.6 is 15.6 Å². The van der Waals surface area contributed by atoms with Crippen LogP contribution in [-0.2, 0) is 65.4 Å². The first-order valence-corrected chi connectivity index (χ1v) is 41.2. The molecule has 17 nitrogen and oxygen atoms in total. The highest BCUT2D eigenvalue weighted by Gasteiger charge is 2.30. The second-order valence-electron chi connectivity index (χ2n) is 28.4. The molecular formula is C74H144O17P2. The number of ether oxygens (including phenoxy) is 4. The Balaban J connectivity index is 5.16. The molecule has 0 bridgehead atoms. The maximum Gasteiger partial charge on any atom is 0.472 e. The second kappa shape index (κ2) is 63.5. The van der Waals surface area contributed by atoms with Crippen molar-refractivity contribution in [3.05, 3.63) is 0 Å². The number of hydrogen-bond acceptors (Lipinski definition) is 15. The van der Waals surface area contributed by atoms with E-state index in [4.69, 9.17) is 37.0 Å². The Kier molecular flexibility index (Phi) is 62.2. The fourth-order valence-electron chi connectivity index (χ4n) is 11.2. The molecule has 0 fully saturated rings. The number of aliphatic hydroxyl groups excluding tert-OH is 1. The first-order valence-electron chi connectivity index (χ1n) is 38.2. The van der Waals surface area contributed by atoms with Crippen LogP contribution in [0.2, 0.25) is 0 Å². The summed E-state index contributed by atoms with van der Waals surface area (Å²) in [5.74, 6) is 0.859.